The molecule has 1 aromatic rings. The van der Waals surface area contributed by atoms with Crippen molar-refractivity contribution in [1.29, 1.82) is 0 Å². The largest absolute Gasteiger partial charge is 0.397 e. The first kappa shape index (κ1) is 11.8. The van der Waals surface area contributed by atoms with Crippen molar-refractivity contribution in [3.63, 3.8) is 0 Å². The maximum absolute atomic E-state index is 9.27. The predicted octanol–water partition coefficient (Wildman–Crippen LogP) is 2.54. The van der Waals surface area contributed by atoms with E-state index in [-0.39, 0.29) is 12.6 Å². The second-order valence-electron chi connectivity index (χ2n) is 4.00. The molecule has 0 spiro atoms. The van der Waals surface area contributed by atoms with E-state index in [0.717, 1.165) is 25.1 Å². The molecule has 1 unspecified atom stereocenters. The van der Waals surface area contributed by atoms with Gasteiger partial charge in [0.1, 0.15) is 0 Å². The van der Waals surface area contributed by atoms with Gasteiger partial charge in [0.25, 0.3) is 0 Å². The highest BCUT2D eigenvalue weighted by Crippen LogP contribution is 2.36. The maximum atomic E-state index is 9.27. The molecule has 0 saturated carbocycles. The van der Waals surface area contributed by atoms with E-state index in [9.17, 15) is 5.11 Å². The van der Waals surface area contributed by atoms with E-state index in [0.29, 0.717) is 15.7 Å². The van der Waals surface area contributed by atoms with Gasteiger partial charge < -0.3 is 15.7 Å². The summed E-state index contributed by atoms with van der Waals surface area (Å²) >= 11 is 11.9. The minimum absolute atomic E-state index is 0.138. The monoisotopic (exact) mass is 260 g/mol. The molecule has 88 valence electrons. The smallest absolute Gasteiger partial charge is 0.0635 e. The molecule has 0 amide bonds. The van der Waals surface area contributed by atoms with Gasteiger partial charge in [-0.25, -0.2) is 0 Å². The lowest BCUT2D eigenvalue weighted by molar-refractivity contribution is 0.266. The van der Waals surface area contributed by atoms with Crippen LogP contribution in [0.25, 0.3) is 0 Å². The molecule has 1 aliphatic heterocycles. The third kappa shape index (κ3) is 2.08. The lowest BCUT2D eigenvalue weighted by atomic mass is 10.2. The van der Waals surface area contributed by atoms with E-state index in [2.05, 4.69) is 4.90 Å². The molecule has 0 radical (unpaired) electrons. The Morgan fingerprint density at radius 1 is 1.38 bits per heavy atom. The van der Waals surface area contributed by atoms with Gasteiger partial charge in [0.15, 0.2) is 0 Å². The van der Waals surface area contributed by atoms with Crippen LogP contribution >= 0.6 is 23.2 Å². The number of anilines is 2. The van der Waals surface area contributed by atoms with Crippen molar-refractivity contribution in [2.45, 2.75) is 18.9 Å². The summed E-state index contributed by atoms with van der Waals surface area (Å²) < 4.78 is 0. The normalized spacial score (nSPS) is 20.4. The Bertz CT molecular complexity index is 398. The van der Waals surface area contributed by atoms with Crippen LogP contribution in [-0.2, 0) is 0 Å². The Balaban J connectivity index is 2.36. The third-order valence-corrected chi connectivity index (χ3v) is 3.69. The highest BCUT2D eigenvalue weighted by atomic mass is 35.5. The molecule has 0 bridgehead atoms. The van der Waals surface area contributed by atoms with E-state index < -0.39 is 0 Å². The number of nitrogen functional groups attached to an aromatic ring is 1. The molecule has 1 saturated heterocycles. The summed E-state index contributed by atoms with van der Waals surface area (Å²) in [7, 11) is 0. The lowest BCUT2D eigenvalue weighted by Crippen LogP contribution is -2.32. The van der Waals surface area contributed by atoms with E-state index in [1.165, 1.54) is 0 Å². The second-order valence-corrected chi connectivity index (χ2v) is 4.81. The van der Waals surface area contributed by atoms with Gasteiger partial charge in [0, 0.05) is 6.54 Å². The van der Waals surface area contributed by atoms with Gasteiger partial charge >= 0.3 is 0 Å². The van der Waals surface area contributed by atoms with Gasteiger partial charge in [-0.15, -0.1) is 0 Å². The minimum atomic E-state index is 0.138. The summed E-state index contributed by atoms with van der Waals surface area (Å²) in [4.78, 5) is 2.09. The molecule has 1 heterocycles. The van der Waals surface area contributed by atoms with Crippen molar-refractivity contribution in [2.75, 3.05) is 23.8 Å². The van der Waals surface area contributed by atoms with Crippen LogP contribution < -0.4 is 10.6 Å². The van der Waals surface area contributed by atoms with Gasteiger partial charge in [-0.3, -0.25) is 0 Å². The van der Waals surface area contributed by atoms with Crippen molar-refractivity contribution in [1.82, 2.24) is 0 Å². The van der Waals surface area contributed by atoms with Crippen LogP contribution in [0.15, 0.2) is 12.1 Å². The number of nitrogens with zero attached hydrogens (tertiary/aromatic N) is 1. The van der Waals surface area contributed by atoms with Gasteiger partial charge in [0.05, 0.1) is 34.1 Å². The fourth-order valence-electron chi connectivity index (χ4n) is 2.14. The Kier molecular flexibility index (Phi) is 3.47. The summed E-state index contributed by atoms with van der Waals surface area (Å²) in [6.45, 7) is 1.03. The van der Waals surface area contributed by atoms with Crippen LogP contribution in [0.1, 0.15) is 12.8 Å². The summed E-state index contributed by atoms with van der Waals surface area (Å²) in [5.74, 6) is 0. The summed E-state index contributed by atoms with van der Waals surface area (Å²) in [5, 5.41) is 10.2. The fraction of sp³-hybridized carbons (Fsp3) is 0.455. The predicted molar refractivity (Wildman–Crippen MR) is 68.3 cm³/mol. The van der Waals surface area contributed by atoms with E-state index in [4.69, 9.17) is 28.9 Å². The molecule has 3 N–H and O–H groups in total. The first-order valence-electron chi connectivity index (χ1n) is 5.25. The summed E-state index contributed by atoms with van der Waals surface area (Å²) in [5.41, 5.74) is 7.39. The van der Waals surface area contributed by atoms with Crippen molar-refractivity contribution in [3.8, 4) is 0 Å². The highest BCUT2D eigenvalue weighted by molar-refractivity contribution is 6.42. The first-order valence-corrected chi connectivity index (χ1v) is 6.01. The van der Waals surface area contributed by atoms with Crippen molar-refractivity contribution < 1.29 is 5.11 Å². The number of hydrogen-bond donors (Lipinski definition) is 2. The standard InChI is InChI=1S/C11H14Cl2N2O/c12-8-4-10(14)11(5-9(8)13)15-3-1-2-7(15)6-16/h4-5,7,16H,1-3,6,14H2. The van der Waals surface area contributed by atoms with Gasteiger partial charge in [-0.2, -0.15) is 0 Å². The minimum Gasteiger partial charge on any atom is -0.397 e. The average Bonchev–Trinajstić information content (AvgIpc) is 2.71. The number of hydrogen-bond acceptors (Lipinski definition) is 3. The zero-order chi connectivity index (χ0) is 11.7. The molecule has 5 heteroatoms. The number of benzene rings is 1. The van der Waals surface area contributed by atoms with Crippen molar-refractivity contribution >= 4 is 34.6 Å². The summed E-state index contributed by atoms with van der Waals surface area (Å²) in [6, 6.07) is 3.57. The molecule has 0 aromatic heterocycles. The number of aliphatic hydroxyl groups excluding tert-OH is 1. The molecule has 16 heavy (non-hydrogen) atoms. The van der Waals surface area contributed by atoms with Crippen LogP contribution in [0, 0.1) is 0 Å². The average molecular weight is 261 g/mol. The Morgan fingerprint density at radius 3 is 2.75 bits per heavy atom. The number of aliphatic hydroxyl groups is 1. The Morgan fingerprint density at radius 2 is 2.06 bits per heavy atom. The second kappa shape index (κ2) is 4.70. The zero-order valence-electron chi connectivity index (χ0n) is 8.79. The summed E-state index contributed by atoms with van der Waals surface area (Å²) in [6.07, 6.45) is 2.04. The highest BCUT2D eigenvalue weighted by Gasteiger charge is 2.25. The maximum Gasteiger partial charge on any atom is 0.0635 e. The Labute approximate surface area is 105 Å². The molecule has 3 nitrogen and oxygen atoms in total. The van der Waals surface area contributed by atoms with E-state index in [1.807, 2.05) is 0 Å². The quantitative estimate of drug-likeness (QED) is 0.804. The van der Waals surface area contributed by atoms with Crippen LogP contribution in [0.2, 0.25) is 10.0 Å². The topological polar surface area (TPSA) is 49.5 Å². The van der Waals surface area contributed by atoms with Gasteiger partial charge in [-0.1, -0.05) is 23.2 Å². The van der Waals surface area contributed by atoms with E-state index in [1.54, 1.807) is 12.1 Å². The number of rotatable bonds is 2. The van der Waals surface area contributed by atoms with Crippen LogP contribution in [0.4, 0.5) is 11.4 Å². The Hall–Kier alpha value is -0.640. The molecule has 1 aromatic carbocycles. The van der Waals surface area contributed by atoms with Crippen molar-refractivity contribution in [2.24, 2.45) is 0 Å². The third-order valence-electron chi connectivity index (χ3n) is 2.97. The number of nitrogens with two attached hydrogens (primary N) is 1. The van der Waals surface area contributed by atoms with E-state index >= 15 is 0 Å². The van der Waals surface area contributed by atoms with Crippen LogP contribution in [0.5, 0.6) is 0 Å². The number of halogens is 2. The molecule has 1 atom stereocenters. The molecule has 1 fully saturated rings. The lowest BCUT2D eigenvalue weighted by Gasteiger charge is -2.27. The van der Waals surface area contributed by atoms with Crippen LogP contribution in [-0.4, -0.2) is 24.3 Å². The SMILES string of the molecule is Nc1cc(Cl)c(Cl)cc1N1CCCC1CO. The van der Waals surface area contributed by atoms with Gasteiger partial charge in [0.2, 0.25) is 0 Å². The van der Waals surface area contributed by atoms with Crippen molar-refractivity contribution in [3.05, 3.63) is 22.2 Å². The van der Waals surface area contributed by atoms with Crippen LogP contribution in [0.3, 0.4) is 0 Å². The molecule has 0 aliphatic carbocycles. The van der Waals surface area contributed by atoms with Gasteiger partial charge in [-0.05, 0) is 25.0 Å². The molecule has 1 aliphatic rings. The molecular weight excluding hydrogens is 247 g/mol. The first-order chi connectivity index (χ1) is 7.63. The zero-order valence-corrected chi connectivity index (χ0v) is 10.3. The fourth-order valence-corrected chi connectivity index (χ4v) is 2.47. The molecular formula is C11H14Cl2N2O. The molecule has 2 rings (SSSR count).